The van der Waals surface area contributed by atoms with Crippen LogP contribution in [0.15, 0.2) is 0 Å². The summed E-state index contributed by atoms with van der Waals surface area (Å²) in [5.41, 5.74) is 0. The predicted molar refractivity (Wildman–Crippen MR) is 79.8 cm³/mol. The van der Waals surface area contributed by atoms with E-state index in [9.17, 15) is 9.59 Å². The second-order valence-corrected chi connectivity index (χ2v) is 5.95. The Morgan fingerprint density at radius 3 is 2.71 bits per heavy atom. The van der Waals surface area contributed by atoms with Gasteiger partial charge in [0.1, 0.15) is 6.04 Å². The molecule has 0 unspecified atom stereocenters. The summed E-state index contributed by atoms with van der Waals surface area (Å²) in [5.74, 6) is -0.0595. The number of hydrogen-bond donors (Lipinski definition) is 3. The van der Waals surface area contributed by atoms with Crippen LogP contribution in [-0.4, -0.2) is 49.7 Å². The van der Waals surface area contributed by atoms with Crippen LogP contribution in [0.4, 0.5) is 0 Å². The highest BCUT2D eigenvalue weighted by Gasteiger charge is 2.28. The fourth-order valence-corrected chi connectivity index (χ4v) is 2.98. The molecule has 2 fully saturated rings. The van der Waals surface area contributed by atoms with Gasteiger partial charge >= 0.3 is 0 Å². The number of hydrogen-bond acceptors (Lipinski definition) is 4. The fraction of sp³-hybridized carbons (Fsp3) is 0.867. The molecule has 1 heterocycles. The van der Waals surface area contributed by atoms with E-state index < -0.39 is 0 Å². The number of nitrogens with one attached hydrogen (secondary N) is 3. The molecule has 120 valence electrons. The lowest BCUT2D eigenvalue weighted by atomic mass is 9.95. The maximum atomic E-state index is 12.0. The third kappa shape index (κ3) is 5.28. The lowest BCUT2D eigenvalue weighted by Crippen LogP contribution is -2.55. The minimum absolute atomic E-state index is 0.0306. The topological polar surface area (TPSA) is 79.5 Å². The lowest BCUT2D eigenvalue weighted by Gasteiger charge is -2.29. The molecule has 3 N–H and O–H groups in total. The number of amides is 2. The van der Waals surface area contributed by atoms with Crippen molar-refractivity contribution in [1.82, 2.24) is 16.0 Å². The maximum Gasteiger partial charge on any atom is 0.239 e. The Morgan fingerprint density at radius 2 is 2.00 bits per heavy atom. The van der Waals surface area contributed by atoms with Gasteiger partial charge < -0.3 is 20.7 Å². The van der Waals surface area contributed by atoms with Crippen molar-refractivity contribution in [3.05, 3.63) is 0 Å². The van der Waals surface area contributed by atoms with Crippen LogP contribution < -0.4 is 16.0 Å². The summed E-state index contributed by atoms with van der Waals surface area (Å²) < 4.78 is 5.44. The van der Waals surface area contributed by atoms with Gasteiger partial charge in [0.2, 0.25) is 11.8 Å². The number of rotatable bonds is 5. The summed E-state index contributed by atoms with van der Waals surface area (Å²) >= 11 is 0. The van der Waals surface area contributed by atoms with Gasteiger partial charge in [-0.1, -0.05) is 19.3 Å². The van der Waals surface area contributed by atoms with Crippen LogP contribution in [0.2, 0.25) is 0 Å². The summed E-state index contributed by atoms with van der Waals surface area (Å²) in [6.45, 7) is 3.58. The van der Waals surface area contributed by atoms with E-state index in [4.69, 9.17) is 4.74 Å². The first-order valence-electron chi connectivity index (χ1n) is 8.09. The maximum absolute atomic E-state index is 12.0. The van der Waals surface area contributed by atoms with E-state index in [0.717, 1.165) is 12.8 Å². The molecule has 0 aromatic heterocycles. The fourth-order valence-electron chi connectivity index (χ4n) is 2.98. The third-order valence-electron chi connectivity index (χ3n) is 4.22. The normalized spacial score (nSPS) is 27.1. The zero-order valence-corrected chi connectivity index (χ0v) is 12.8. The van der Waals surface area contributed by atoms with E-state index in [-0.39, 0.29) is 24.0 Å². The van der Waals surface area contributed by atoms with Crippen molar-refractivity contribution in [1.29, 1.82) is 0 Å². The second kappa shape index (κ2) is 8.34. The van der Waals surface area contributed by atoms with E-state index >= 15 is 0 Å². The minimum Gasteiger partial charge on any atom is -0.375 e. The molecule has 0 aromatic carbocycles. The van der Waals surface area contributed by atoms with E-state index in [1.54, 1.807) is 0 Å². The molecule has 2 amide bonds. The summed E-state index contributed by atoms with van der Waals surface area (Å²) in [6, 6.07) is 0.00976. The summed E-state index contributed by atoms with van der Waals surface area (Å²) in [7, 11) is 0. The van der Waals surface area contributed by atoms with Gasteiger partial charge in [-0.2, -0.15) is 0 Å². The summed E-state index contributed by atoms with van der Waals surface area (Å²) in [4.78, 5) is 23.8. The smallest absolute Gasteiger partial charge is 0.239 e. The Balaban J connectivity index is 1.61. The predicted octanol–water partition coefficient (Wildman–Crippen LogP) is 0.319. The monoisotopic (exact) mass is 297 g/mol. The quantitative estimate of drug-likeness (QED) is 0.683. The van der Waals surface area contributed by atoms with Gasteiger partial charge in [0.15, 0.2) is 0 Å². The summed E-state index contributed by atoms with van der Waals surface area (Å²) in [5, 5.41) is 8.99. The summed E-state index contributed by atoms with van der Waals surface area (Å²) in [6.07, 6.45) is 6.05. The molecule has 2 atom stereocenters. The van der Waals surface area contributed by atoms with Crippen molar-refractivity contribution >= 4 is 11.8 Å². The molecule has 21 heavy (non-hydrogen) atoms. The molecule has 0 bridgehead atoms. The zero-order valence-electron chi connectivity index (χ0n) is 12.8. The third-order valence-corrected chi connectivity index (χ3v) is 4.22. The Morgan fingerprint density at radius 1 is 1.24 bits per heavy atom. The SMILES string of the molecule is C[C@H]1OCCN[C@@H]1C(=O)NCCC(=O)NC1CCCCC1. The first-order valence-corrected chi connectivity index (χ1v) is 8.09. The molecule has 1 saturated heterocycles. The molecule has 2 rings (SSSR count). The van der Waals surface area contributed by atoms with Gasteiger partial charge in [-0.15, -0.1) is 0 Å². The zero-order chi connectivity index (χ0) is 15.1. The molecule has 0 radical (unpaired) electrons. The molecule has 1 aliphatic heterocycles. The molecule has 6 heteroatoms. The molecular weight excluding hydrogens is 270 g/mol. The highest BCUT2D eigenvalue weighted by atomic mass is 16.5. The highest BCUT2D eigenvalue weighted by molar-refractivity contribution is 5.83. The van der Waals surface area contributed by atoms with Crippen molar-refractivity contribution in [2.75, 3.05) is 19.7 Å². The standard InChI is InChI=1S/C15H27N3O3/c1-11-14(16-9-10-21-11)15(20)17-8-7-13(19)18-12-5-3-2-4-6-12/h11-12,14,16H,2-10H2,1H3,(H,17,20)(H,18,19)/t11-,14+/m1/s1. The van der Waals surface area contributed by atoms with Crippen molar-refractivity contribution in [2.45, 2.75) is 63.6 Å². The number of ether oxygens (including phenoxy) is 1. The van der Waals surface area contributed by atoms with Crippen LogP contribution in [0.5, 0.6) is 0 Å². The first kappa shape index (κ1) is 16.2. The first-order chi connectivity index (χ1) is 10.2. The average molecular weight is 297 g/mol. The van der Waals surface area contributed by atoms with Crippen LogP contribution >= 0.6 is 0 Å². The Labute approximate surface area is 126 Å². The van der Waals surface area contributed by atoms with Crippen LogP contribution in [0.1, 0.15) is 45.4 Å². The van der Waals surface area contributed by atoms with Crippen LogP contribution in [0, 0.1) is 0 Å². The number of carbonyl (C=O) groups excluding carboxylic acids is 2. The van der Waals surface area contributed by atoms with Gasteiger partial charge in [0.05, 0.1) is 12.7 Å². The van der Waals surface area contributed by atoms with Crippen LogP contribution in [-0.2, 0) is 14.3 Å². The molecule has 1 saturated carbocycles. The highest BCUT2D eigenvalue weighted by Crippen LogP contribution is 2.17. The minimum atomic E-state index is -0.319. The molecule has 0 spiro atoms. The Hall–Kier alpha value is -1.14. The molecule has 0 aromatic rings. The van der Waals surface area contributed by atoms with E-state index in [1.165, 1.54) is 19.3 Å². The Bertz CT molecular complexity index is 356. The van der Waals surface area contributed by atoms with Gasteiger partial charge in [0, 0.05) is 25.6 Å². The van der Waals surface area contributed by atoms with Crippen molar-refractivity contribution in [3.63, 3.8) is 0 Å². The van der Waals surface area contributed by atoms with E-state index in [0.29, 0.717) is 32.2 Å². The van der Waals surface area contributed by atoms with Gasteiger partial charge in [-0.25, -0.2) is 0 Å². The van der Waals surface area contributed by atoms with Gasteiger partial charge in [0.25, 0.3) is 0 Å². The average Bonchev–Trinajstić information content (AvgIpc) is 2.48. The van der Waals surface area contributed by atoms with Crippen LogP contribution in [0.25, 0.3) is 0 Å². The number of carbonyl (C=O) groups is 2. The molecule has 6 nitrogen and oxygen atoms in total. The van der Waals surface area contributed by atoms with Crippen molar-refractivity contribution < 1.29 is 14.3 Å². The van der Waals surface area contributed by atoms with E-state index in [1.807, 2.05) is 6.92 Å². The van der Waals surface area contributed by atoms with E-state index in [2.05, 4.69) is 16.0 Å². The largest absolute Gasteiger partial charge is 0.375 e. The molecular formula is C15H27N3O3. The van der Waals surface area contributed by atoms with Gasteiger partial charge in [-0.3, -0.25) is 9.59 Å². The number of morpholine rings is 1. The van der Waals surface area contributed by atoms with Crippen molar-refractivity contribution in [3.8, 4) is 0 Å². The van der Waals surface area contributed by atoms with Gasteiger partial charge in [-0.05, 0) is 19.8 Å². The molecule has 2 aliphatic rings. The molecule has 1 aliphatic carbocycles. The van der Waals surface area contributed by atoms with Crippen LogP contribution in [0.3, 0.4) is 0 Å². The Kier molecular flexibility index (Phi) is 6.45. The lowest BCUT2D eigenvalue weighted by molar-refractivity contribution is -0.129. The second-order valence-electron chi connectivity index (χ2n) is 5.95. The van der Waals surface area contributed by atoms with Crippen molar-refractivity contribution in [2.24, 2.45) is 0 Å².